The van der Waals surface area contributed by atoms with E-state index in [1.54, 1.807) is 0 Å². The minimum atomic E-state index is 0.751. The Morgan fingerprint density at radius 1 is 1.20 bits per heavy atom. The van der Waals surface area contributed by atoms with Crippen molar-refractivity contribution in [2.75, 3.05) is 0 Å². The van der Waals surface area contributed by atoms with Crippen molar-refractivity contribution in [3.63, 3.8) is 0 Å². The Balaban J connectivity index is 3.60. The van der Waals surface area contributed by atoms with Crippen molar-refractivity contribution in [3.05, 3.63) is 24.3 Å². The van der Waals surface area contributed by atoms with Crippen LogP contribution in [0.5, 0.6) is 0 Å². The third-order valence-electron chi connectivity index (χ3n) is 1.66. The summed E-state index contributed by atoms with van der Waals surface area (Å²) in [6.07, 6.45) is 11.2. The maximum absolute atomic E-state index is 2.28. The molecule has 1 atom stereocenters. The molecular weight excluding hydrogens is 120 g/mol. The predicted molar refractivity (Wildman–Crippen MR) is 48.0 cm³/mol. The van der Waals surface area contributed by atoms with Crippen molar-refractivity contribution in [1.82, 2.24) is 0 Å². The summed E-state index contributed by atoms with van der Waals surface area (Å²) in [5.41, 5.74) is 0. The third kappa shape index (κ3) is 4.37. The highest BCUT2D eigenvalue weighted by molar-refractivity contribution is 4.90. The van der Waals surface area contributed by atoms with Crippen LogP contribution in [0.15, 0.2) is 24.3 Å². The van der Waals surface area contributed by atoms with Gasteiger partial charge < -0.3 is 0 Å². The van der Waals surface area contributed by atoms with Crippen LogP contribution < -0.4 is 0 Å². The molecule has 0 saturated carbocycles. The zero-order valence-corrected chi connectivity index (χ0v) is 7.30. The summed E-state index contributed by atoms with van der Waals surface area (Å²) < 4.78 is 0. The minimum Gasteiger partial charge on any atom is -0.0916 e. The van der Waals surface area contributed by atoms with Gasteiger partial charge in [0, 0.05) is 0 Å². The average molecular weight is 138 g/mol. The van der Waals surface area contributed by atoms with E-state index in [0.29, 0.717) is 0 Å². The Hall–Kier alpha value is -0.520. The lowest BCUT2D eigenvalue weighted by Gasteiger charge is -2.04. The van der Waals surface area contributed by atoms with E-state index in [2.05, 4.69) is 45.1 Å². The summed E-state index contributed by atoms with van der Waals surface area (Å²) in [6, 6.07) is 0. The van der Waals surface area contributed by atoms with E-state index in [-0.39, 0.29) is 0 Å². The highest BCUT2D eigenvalue weighted by Gasteiger charge is 1.95. The van der Waals surface area contributed by atoms with Gasteiger partial charge in [0.2, 0.25) is 0 Å². The summed E-state index contributed by atoms with van der Waals surface area (Å²) in [4.78, 5) is 0. The molecule has 0 aliphatic rings. The predicted octanol–water partition coefficient (Wildman–Crippen LogP) is 3.55. The summed E-state index contributed by atoms with van der Waals surface area (Å²) in [7, 11) is 0. The molecule has 0 spiro atoms. The van der Waals surface area contributed by atoms with Crippen LogP contribution in [-0.2, 0) is 0 Å². The number of hydrogen-bond donors (Lipinski definition) is 0. The normalized spacial score (nSPS) is 15.1. The lowest BCUT2D eigenvalue weighted by Crippen LogP contribution is -1.90. The monoisotopic (exact) mass is 138 g/mol. The highest BCUT2D eigenvalue weighted by atomic mass is 14.0. The molecule has 0 rings (SSSR count). The molecule has 0 aliphatic carbocycles. The van der Waals surface area contributed by atoms with Gasteiger partial charge in [-0.15, -0.1) is 0 Å². The van der Waals surface area contributed by atoms with Crippen molar-refractivity contribution in [3.8, 4) is 0 Å². The molecule has 0 aromatic rings. The molecule has 0 saturated heterocycles. The second kappa shape index (κ2) is 6.60. The fraction of sp³-hybridized carbons (Fsp3) is 0.600. The molecule has 0 bridgehead atoms. The Morgan fingerprint density at radius 2 is 1.90 bits per heavy atom. The molecule has 0 nitrogen and oxygen atoms in total. The SMILES string of the molecule is C/C=C\CC(/C=C\C)CC. The molecule has 0 N–H and O–H groups in total. The van der Waals surface area contributed by atoms with Crippen LogP contribution in [0.4, 0.5) is 0 Å². The maximum Gasteiger partial charge on any atom is -0.0202 e. The zero-order valence-electron chi connectivity index (χ0n) is 7.30. The van der Waals surface area contributed by atoms with Crippen molar-refractivity contribution < 1.29 is 0 Å². The number of allylic oxidation sites excluding steroid dienone is 4. The number of hydrogen-bond acceptors (Lipinski definition) is 0. The van der Waals surface area contributed by atoms with E-state index in [1.807, 2.05) is 0 Å². The van der Waals surface area contributed by atoms with Gasteiger partial charge in [-0.1, -0.05) is 31.2 Å². The smallest absolute Gasteiger partial charge is 0.0202 e. The summed E-state index contributed by atoms with van der Waals surface area (Å²) in [5.74, 6) is 0.751. The molecular formula is C10H18. The first-order chi connectivity index (χ1) is 4.85. The summed E-state index contributed by atoms with van der Waals surface area (Å²) in [5, 5.41) is 0. The van der Waals surface area contributed by atoms with Gasteiger partial charge in [0.05, 0.1) is 0 Å². The standard InChI is InChI=1S/C10H18/c1-4-7-9-10(6-3)8-5-2/h4-5,7-8,10H,6,9H2,1-3H3/b7-4-,8-5-. The van der Waals surface area contributed by atoms with Gasteiger partial charge >= 0.3 is 0 Å². The minimum absolute atomic E-state index is 0.751. The second-order valence-corrected chi connectivity index (χ2v) is 2.50. The van der Waals surface area contributed by atoms with Crippen LogP contribution in [0.25, 0.3) is 0 Å². The quantitative estimate of drug-likeness (QED) is 0.521. The van der Waals surface area contributed by atoms with Crippen LogP contribution in [-0.4, -0.2) is 0 Å². The molecule has 0 fully saturated rings. The van der Waals surface area contributed by atoms with Gasteiger partial charge in [0.15, 0.2) is 0 Å². The van der Waals surface area contributed by atoms with Gasteiger partial charge in [0.1, 0.15) is 0 Å². The first-order valence-electron chi connectivity index (χ1n) is 4.09. The summed E-state index contributed by atoms with van der Waals surface area (Å²) in [6.45, 7) is 6.38. The van der Waals surface area contributed by atoms with Crippen LogP contribution >= 0.6 is 0 Å². The molecule has 0 heteroatoms. The molecule has 0 radical (unpaired) electrons. The van der Waals surface area contributed by atoms with Crippen LogP contribution in [0, 0.1) is 5.92 Å². The van der Waals surface area contributed by atoms with Gasteiger partial charge in [0.25, 0.3) is 0 Å². The topological polar surface area (TPSA) is 0 Å². The van der Waals surface area contributed by atoms with E-state index in [9.17, 15) is 0 Å². The van der Waals surface area contributed by atoms with Gasteiger partial charge in [-0.05, 0) is 32.6 Å². The van der Waals surface area contributed by atoms with Crippen LogP contribution in [0.1, 0.15) is 33.6 Å². The molecule has 58 valence electrons. The Kier molecular flexibility index (Phi) is 6.25. The Bertz CT molecular complexity index is 109. The van der Waals surface area contributed by atoms with E-state index in [0.717, 1.165) is 5.92 Å². The molecule has 0 heterocycles. The van der Waals surface area contributed by atoms with Gasteiger partial charge in [-0.2, -0.15) is 0 Å². The lowest BCUT2D eigenvalue weighted by atomic mass is 10.0. The van der Waals surface area contributed by atoms with Crippen molar-refractivity contribution in [2.24, 2.45) is 5.92 Å². The Labute approximate surface area is 64.6 Å². The lowest BCUT2D eigenvalue weighted by molar-refractivity contribution is 0.637. The first-order valence-corrected chi connectivity index (χ1v) is 4.09. The second-order valence-electron chi connectivity index (χ2n) is 2.50. The van der Waals surface area contributed by atoms with E-state index >= 15 is 0 Å². The van der Waals surface area contributed by atoms with E-state index in [4.69, 9.17) is 0 Å². The summed E-state index contributed by atoms with van der Waals surface area (Å²) >= 11 is 0. The van der Waals surface area contributed by atoms with E-state index < -0.39 is 0 Å². The first kappa shape index (κ1) is 9.48. The van der Waals surface area contributed by atoms with Crippen LogP contribution in [0.2, 0.25) is 0 Å². The fourth-order valence-corrected chi connectivity index (χ4v) is 0.964. The van der Waals surface area contributed by atoms with Crippen LogP contribution in [0.3, 0.4) is 0 Å². The number of rotatable bonds is 4. The molecule has 0 aromatic carbocycles. The Morgan fingerprint density at radius 3 is 2.30 bits per heavy atom. The molecule has 1 unspecified atom stereocenters. The largest absolute Gasteiger partial charge is 0.0916 e. The van der Waals surface area contributed by atoms with Crippen molar-refractivity contribution >= 4 is 0 Å². The van der Waals surface area contributed by atoms with Crippen molar-refractivity contribution in [1.29, 1.82) is 0 Å². The zero-order chi connectivity index (χ0) is 7.82. The average Bonchev–Trinajstić information content (AvgIpc) is 1.98. The fourth-order valence-electron chi connectivity index (χ4n) is 0.964. The maximum atomic E-state index is 2.28. The molecule has 0 aliphatic heterocycles. The third-order valence-corrected chi connectivity index (χ3v) is 1.66. The van der Waals surface area contributed by atoms with Gasteiger partial charge in [-0.25, -0.2) is 0 Å². The molecule has 0 amide bonds. The highest BCUT2D eigenvalue weighted by Crippen LogP contribution is 2.09. The molecule has 0 aromatic heterocycles. The molecule has 10 heavy (non-hydrogen) atoms. The van der Waals surface area contributed by atoms with E-state index in [1.165, 1.54) is 12.8 Å². The van der Waals surface area contributed by atoms with Crippen molar-refractivity contribution in [2.45, 2.75) is 33.6 Å². The van der Waals surface area contributed by atoms with Gasteiger partial charge in [-0.3, -0.25) is 0 Å².